The Kier molecular flexibility index (Phi) is 4.01. The minimum atomic E-state index is -0.105. The summed E-state index contributed by atoms with van der Waals surface area (Å²) in [6, 6.07) is 26.5. The lowest BCUT2D eigenvalue weighted by Crippen LogP contribution is -2.40. The second kappa shape index (κ2) is 6.68. The third-order valence-corrected chi connectivity index (χ3v) is 5.71. The lowest BCUT2D eigenvalue weighted by Gasteiger charge is -2.36. The van der Waals surface area contributed by atoms with Crippen LogP contribution in [0.25, 0.3) is 10.9 Å². The fraction of sp³-hybridized carbons (Fsp3) is 0.160. The van der Waals surface area contributed by atoms with Crippen molar-refractivity contribution in [2.75, 3.05) is 6.54 Å². The number of nitrogens with zero attached hydrogens (tertiary/aromatic N) is 1. The molecule has 2 heterocycles. The summed E-state index contributed by atoms with van der Waals surface area (Å²) in [5.74, 6) is 0.0816. The first-order valence-corrected chi connectivity index (χ1v) is 9.74. The number of nitrogens with one attached hydrogen (secondary N) is 1. The Bertz CT molecular complexity index is 1140. The summed E-state index contributed by atoms with van der Waals surface area (Å²) >= 11 is 0. The summed E-state index contributed by atoms with van der Waals surface area (Å²) in [5.41, 5.74) is 6.64. The van der Waals surface area contributed by atoms with Crippen molar-refractivity contribution in [3.63, 3.8) is 0 Å². The van der Waals surface area contributed by atoms with Gasteiger partial charge in [0.25, 0.3) is 5.91 Å². The zero-order valence-electron chi connectivity index (χ0n) is 15.9. The van der Waals surface area contributed by atoms with E-state index in [1.165, 1.54) is 10.9 Å². The molecule has 0 radical (unpaired) electrons. The van der Waals surface area contributed by atoms with Crippen LogP contribution in [0.4, 0.5) is 0 Å². The van der Waals surface area contributed by atoms with Crippen molar-refractivity contribution in [1.29, 1.82) is 0 Å². The zero-order valence-corrected chi connectivity index (χ0v) is 15.9. The van der Waals surface area contributed by atoms with Crippen molar-refractivity contribution < 1.29 is 4.79 Å². The molecular weight excluding hydrogens is 344 g/mol. The molecule has 0 saturated heterocycles. The Labute approximate surface area is 164 Å². The third-order valence-electron chi connectivity index (χ3n) is 5.71. The lowest BCUT2D eigenvalue weighted by atomic mass is 9.91. The first-order valence-electron chi connectivity index (χ1n) is 9.74. The Morgan fingerprint density at radius 3 is 2.43 bits per heavy atom. The van der Waals surface area contributed by atoms with E-state index in [1.54, 1.807) is 0 Å². The van der Waals surface area contributed by atoms with E-state index in [9.17, 15) is 4.79 Å². The van der Waals surface area contributed by atoms with Gasteiger partial charge in [-0.05, 0) is 42.7 Å². The molecule has 1 amide bonds. The van der Waals surface area contributed by atoms with Crippen LogP contribution in [0.3, 0.4) is 0 Å². The normalized spacial score (nSPS) is 16.2. The topological polar surface area (TPSA) is 36.1 Å². The number of carbonyl (C=O) groups is 1. The van der Waals surface area contributed by atoms with Gasteiger partial charge in [0.2, 0.25) is 0 Å². The van der Waals surface area contributed by atoms with Gasteiger partial charge in [0.05, 0.1) is 6.04 Å². The van der Waals surface area contributed by atoms with Gasteiger partial charge < -0.3 is 9.88 Å². The monoisotopic (exact) mass is 366 g/mol. The van der Waals surface area contributed by atoms with E-state index in [4.69, 9.17) is 0 Å². The van der Waals surface area contributed by atoms with E-state index in [2.05, 4.69) is 41.4 Å². The standard InChI is InChI=1S/C25H22N2O/c1-17-11-13-19(14-12-17)25(28)27-16-15-21-20-9-5-6-10-22(20)26-23(21)24(27)18-7-3-2-4-8-18/h2-14,24,26H,15-16H2,1H3. The number of amides is 1. The fourth-order valence-corrected chi connectivity index (χ4v) is 4.30. The van der Waals surface area contributed by atoms with Crippen LogP contribution >= 0.6 is 0 Å². The highest BCUT2D eigenvalue weighted by Crippen LogP contribution is 2.38. The number of fused-ring (bicyclic) bond motifs is 3. The summed E-state index contributed by atoms with van der Waals surface area (Å²) in [6.07, 6.45) is 0.861. The molecule has 28 heavy (non-hydrogen) atoms. The van der Waals surface area contributed by atoms with Crippen molar-refractivity contribution in [1.82, 2.24) is 9.88 Å². The molecule has 0 saturated carbocycles. The van der Waals surface area contributed by atoms with Gasteiger partial charge in [-0.3, -0.25) is 4.79 Å². The Balaban J connectivity index is 1.65. The van der Waals surface area contributed by atoms with Crippen LogP contribution in [0.5, 0.6) is 0 Å². The molecule has 3 nitrogen and oxygen atoms in total. The molecule has 0 spiro atoms. The van der Waals surface area contributed by atoms with E-state index < -0.39 is 0 Å². The molecule has 138 valence electrons. The van der Waals surface area contributed by atoms with Crippen LogP contribution in [0.15, 0.2) is 78.9 Å². The minimum Gasteiger partial charge on any atom is -0.356 e. The maximum Gasteiger partial charge on any atom is 0.254 e. The molecular formula is C25H22N2O. The van der Waals surface area contributed by atoms with Gasteiger partial charge in [-0.25, -0.2) is 0 Å². The molecule has 3 heteroatoms. The van der Waals surface area contributed by atoms with Crippen LogP contribution in [0.1, 0.15) is 38.8 Å². The second-order valence-electron chi connectivity index (χ2n) is 7.49. The van der Waals surface area contributed by atoms with Gasteiger partial charge in [-0.15, -0.1) is 0 Å². The fourth-order valence-electron chi connectivity index (χ4n) is 4.30. The molecule has 0 aliphatic carbocycles. The van der Waals surface area contributed by atoms with Gasteiger partial charge in [-0.2, -0.15) is 0 Å². The summed E-state index contributed by atoms with van der Waals surface area (Å²) < 4.78 is 0. The van der Waals surface area contributed by atoms with E-state index >= 15 is 0 Å². The van der Waals surface area contributed by atoms with Gasteiger partial charge in [0, 0.05) is 28.7 Å². The highest BCUT2D eigenvalue weighted by atomic mass is 16.2. The average molecular weight is 366 g/mol. The van der Waals surface area contributed by atoms with Crippen LogP contribution in [0.2, 0.25) is 0 Å². The summed E-state index contributed by atoms with van der Waals surface area (Å²) in [4.78, 5) is 19.1. The van der Waals surface area contributed by atoms with E-state index in [0.29, 0.717) is 6.54 Å². The molecule has 4 aromatic rings. The van der Waals surface area contributed by atoms with Gasteiger partial charge in [-0.1, -0.05) is 66.2 Å². The largest absolute Gasteiger partial charge is 0.356 e. The van der Waals surface area contributed by atoms with E-state index in [1.807, 2.05) is 54.3 Å². The van der Waals surface area contributed by atoms with E-state index in [0.717, 1.165) is 34.3 Å². The third kappa shape index (κ3) is 2.71. The maximum atomic E-state index is 13.4. The van der Waals surface area contributed by atoms with Crippen molar-refractivity contribution in [2.24, 2.45) is 0 Å². The van der Waals surface area contributed by atoms with Crippen LogP contribution in [-0.4, -0.2) is 22.3 Å². The Morgan fingerprint density at radius 1 is 0.929 bits per heavy atom. The van der Waals surface area contributed by atoms with Crippen molar-refractivity contribution in [3.05, 3.63) is 107 Å². The second-order valence-corrected chi connectivity index (χ2v) is 7.49. The number of hydrogen-bond acceptors (Lipinski definition) is 1. The number of benzene rings is 3. The number of aromatic amines is 1. The highest BCUT2D eigenvalue weighted by molar-refractivity contribution is 5.95. The Hall–Kier alpha value is -3.33. The smallest absolute Gasteiger partial charge is 0.254 e. The van der Waals surface area contributed by atoms with Crippen LogP contribution in [-0.2, 0) is 6.42 Å². The SMILES string of the molecule is Cc1ccc(C(=O)N2CCc3c([nH]c4ccccc34)C2c2ccccc2)cc1. The summed E-state index contributed by atoms with van der Waals surface area (Å²) in [6.45, 7) is 2.75. The van der Waals surface area contributed by atoms with Gasteiger partial charge >= 0.3 is 0 Å². The maximum absolute atomic E-state index is 13.4. The quantitative estimate of drug-likeness (QED) is 0.516. The summed E-state index contributed by atoms with van der Waals surface area (Å²) in [7, 11) is 0. The number of H-pyrrole nitrogens is 1. The Morgan fingerprint density at radius 2 is 1.64 bits per heavy atom. The van der Waals surface area contributed by atoms with Gasteiger partial charge in [0.15, 0.2) is 0 Å². The molecule has 1 aliphatic rings. The summed E-state index contributed by atoms with van der Waals surface area (Å²) in [5, 5.41) is 1.26. The average Bonchev–Trinajstić information content (AvgIpc) is 3.12. The predicted octanol–water partition coefficient (Wildman–Crippen LogP) is 5.26. The first kappa shape index (κ1) is 16.8. The van der Waals surface area contributed by atoms with E-state index in [-0.39, 0.29) is 11.9 Å². The first-order chi connectivity index (χ1) is 13.7. The predicted molar refractivity (Wildman–Crippen MR) is 113 cm³/mol. The number of aryl methyl sites for hydroxylation is 1. The van der Waals surface area contributed by atoms with Crippen molar-refractivity contribution >= 4 is 16.8 Å². The molecule has 1 unspecified atom stereocenters. The molecule has 0 bridgehead atoms. The number of carbonyl (C=O) groups excluding carboxylic acids is 1. The molecule has 0 fully saturated rings. The number of aromatic nitrogens is 1. The number of para-hydroxylation sites is 1. The number of rotatable bonds is 2. The van der Waals surface area contributed by atoms with Crippen LogP contribution < -0.4 is 0 Å². The molecule has 1 N–H and O–H groups in total. The van der Waals surface area contributed by atoms with Crippen molar-refractivity contribution in [3.8, 4) is 0 Å². The van der Waals surface area contributed by atoms with Gasteiger partial charge in [0.1, 0.15) is 0 Å². The molecule has 1 aromatic heterocycles. The minimum absolute atomic E-state index is 0.0816. The molecule has 3 aromatic carbocycles. The van der Waals surface area contributed by atoms with Crippen LogP contribution in [0, 0.1) is 6.92 Å². The zero-order chi connectivity index (χ0) is 19.1. The lowest BCUT2D eigenvalue weighted by molar-refractivity contribution is 0.0692. The molecule has 1 aliphatic heterocycles. The molecule has 5 rings (SSSR count). The highest BCUT2D eigenvalue weighted by Gasteiger charge is 2.34. The number of hydrogen-bond donors (Lipinski definition) is 1. The molecule has 1 atom stereocenters. The van der Waals surface area contributed by atoms with Crippen molar-refractivity contribution in [2.45, 2.75) is 19.4 Å².